The fourth-order valence-electron chi connectivity index (χ4n) is 6.41. The highest BCUT2D eigenvalue weighted by Crippen LogP contribution is 2.55. The number of hydrogen-bond donors (Lipinski definition) is 2. The van der Waals surface area contributed by atoms with Crippen LogP contribution in [0.5, 0.6) is 5.75 Å². The van der Waals surface area contributed by atoms with E-state index in [-0.39, 0.29) is 5.41 Å². The van der Waals surface area contributed by atoms with Crippen molar-refractivity contribution in [3.05, 3.63) is 70.8 Å². The maximum atomic E-state index is 11.0. The van der Waals surface area contributed by atoms with Gasteiger partial charge in [0.25, 0.3) is 0 Å². The number of aryl methyl sites for hydroxylation is 1. The predicted octanol–water partition coefficient (Wildman–Crippen LogP) is 5.24. The van der Waals surface area contributed by atoms with Crippen molar-refractivity contribution >= 4 is 17.7 Å². The molecule has 0 aromatic heterocycles. The predicted molar refractivity (Wildman–Crippen MR) is 140 cm³/mol. The van der Waals surface area contributed by atoms with Crippen LogP contribution in [-0.4, -0.2) is 47.0 Å². The van der Waals surface area contributed by atoms with Gasteiger partial charge in [-0.2, -0.15) is 0 Å². The number of halogens is 1. The van der Waals surface area contributed by atoms with E-state index in [0.29, 0.717) is 24.5 Å². The molecular formula is C30H34ClNO3. The van der Waals surface area contributed by atoms with Gasteiger partial charge >= 0.3 is 0 Å². The van der Waals surface area contributed by atoms with E-state index in [2.05, 4.69) is 58.7 Å². The number of fused-ring (bicyclic) bond motifs is 3. The SMILES string of the molecule is Oc1ccc2c(c1)CC[C@@H]1C[C@@](O)(C#CCl)CC[C@@]21C/C=C/c1ccc(CN2CCOCC2)cc1. The van der Waals surface area contributed by atoms with Crippen molar-refractivity contribution in [3.63, 3.8) is 0 Å². The molecule has 1 saturated heterocycles. The Morgan fingerprint density at radius 3 is 2.69 bits per heavy atom. The average Bonchev–Trinajstić information content (AvgIpc) is 2.86. The van der Waals surface area contributed by atoms with Crippen LogP contribution in [0.4, 0.5) is 0 Å². The molecule has 2 aromatic rings. The summed E-state index contributed by atoms with van der Waals surface area (Å²) in [5, 5.41) is 23.5. The van der Waals surface area contributed by atoms with E-state index in [1.165, 1.54) is 22.3 Å². The van der Waals surface area contributed by atoms with E-state index in [1.807, 2.05) is 6.07 Å². The number of phenolic OH excluding ortho intramolecular Hbond substituents is 1. The lowest BCUT2D eigenvalue weighted by molar-refractivity contribution is -0.00710. The van der Waals surface area contributed by atoms with E-state index in [9.17, 15) is 10.2 Å². The summed E-state index contributed by atoms with van der Waals surface area (Å²) in [5.74, 6) is 3.50. The van der Waals surface area contributed by atoms with Gasteiger partial charge in [-0.25, -0.2) is 0 Å². The second kappa shape index (κ2) is 10.4. The maximum Gasteiger partial charge on any atom is 0.127 e. The molecule has 2 fully saturated rings. The van der Waals surface area contributed by atoms with Crippen LogP contribution in [-0.2, 0) is 23.1 Å². The molecule has 4 nitrogen and oxygen atoms in total. The van der Waals surface area contributed by atoms with E-state index in [0.717, 1.165) is 58.5 Å². The van der Waals surface area contributed by atoms with Gasteiger partial charge in [0.1, 0.15) is 11.4 Å². The molecule has 1 heterocycles. The van der Waals surface area contributed by atoms with Crippen LogP contribution in [0.1, 0.15) is 54.4 Å². The van der Waals surface area contributed by atoms with Gasteiger partial charge in [-0.15, -0.1) is 0 Å². The summed E-state index contributed by atoms with van der Waals surface area (Å²) in [4.78, 5) is 2.44. The van der Waals surface area contributed by atoms with Crippen molar-refractivity contribution in [2.45, 2.75) is 56.1 Å². The minimum absolute atomic E-state index is 0.0612. The van der Waals surface area contributed by atoms with Gasteiger partial charge in [-0.05, 0) is 90.4 Å². The van der Waals surface area contributed by atoms with E-state index >= 15 is 0 Å². The Kier molecular flexibility index (Phi) is 7.23. The first kappa shape index (κ1) is 24.4. The van der Waals surface area contributed by atoms with Crippen molar-refractivity contribution in [3.8, 4) is 17.0 Å². The minimum Gasteiger partial charge on any atom is -0.508 e. The Balaban J connectivity index is 1.34. The summed E-state index contributed by atoms with van der Waals surface area (Å²) < 4.78 is 5.45. The van der Waals surface area contributed by atoms with Crippen molar-refractivity contribution in [2.24, 2.45) is 5.92 Å². The molecule has 0 bridgehead atoms. The zero-order valence-electron chi connectivity index (χ0n) is 20.2. The monoisotopic (exact) mass is 491 g/mol. The van der Waals surface area contributed by atoms with Gasteiger partial charge in [0, 0.05) is 30.4 Å². The standard InChI is InChI=1S/C30H34ClNO3/c31-15-14-29(34)12-13-30(26(21-29)8-7-25-20-27(33)9-10-28(25)30)11-1-2-23-3-5-24(6-4-23)22-32-16-18-35-19-17-32/h1-6,9-10,20,26,33-34H,7-8,11-13,16-19,21-22H2/b2-1+/t26-,29+,30-/m1/s1. The molecular weight excluding hydrogens is 458 g/mol. The second-order valence-corrected chi connectivity index (χ2v) is 10.6. The summed E-state index contributed by atoms with van der Waals surface area (Å²) in [6, 6.07) is 14.7. The second-order valence-electron chi connectivity index (χ2n) is 10.4. The normalized spacial score (nSPS) is 28.7. The Bertz CT molecular complexity index is 1130. The molecule has 0 spiro atoms. The van der Waals surface area contributed by atoms with Gasteiger partial charge in [0.05, 0.1) is 13.2 Å². The minimum atomic E-state index is -1.01. The topological polar surface area (TPSA) is 52.9 Å². The Morgan fingerprint density at radius 2 is 1.91 bits per heavy atom. The Hall–Kier alpha value is -2.29. The quantitative estimate of drug-likeness (QED) is 0.561. The zero-order chi connectivity index (χ0) is 24.3. The van der Waals surface area contributed by atoms with Crippen molar-refractivity contribution in [2.75, 3.05) is 26.3 Å². The highest BCUT2D eigenvalue weighted by Gasteiger charge is 2.50. The molecule has 2 aromatic carbocycles. The van der Waals surface area contributed by atoms with Crippen LogP contribution < -0.4 is 0 Å². The number of rotatable bonds is 5. The number of morpholine rings is 1. The number of benzene rings is 2. The molecule has 5 rings (SSSR count). The molecule has 5 heteroatoms. The summed E-state index contributed by atoms with van der Waals surface area (Å²) in [5.41, 5.74) is 4.01. The molecule has 2 aliphatic carbocycles. The van der Waals surface area contributed by atoms with Crippen LogP contribution in [0.2, 0.25) is 0 Å². The first-order valence-corrected chi connectivity index (χ1v) is 13.1. The summed E-state index contributed by atoms with van der Waals surface area (Å²) in [7, 11) is 0. The molecule has 1 saturated carbocycles. The number of aromatic hydroxyl groups is 1. The van der Waals surface area contributed by atoms with Gasteiger partial charge in [-0.3, -0.25) is 4.90 Å². The fourth-order valence-corrected chi connectivity index (χ4v) is 6.59. The molecule has 0 radical (unpaired) electrons. The Morgan fingerprint density at radius 1 is 1.11 bits per heavy atom. The van der Waals surface area contributed by atoms with E-state index < -0.39 is 5.60 Å². The largest absolute Gasteiger partial charge is 0.508 e. The summed E-state index contributed by atoms with van der Waals surface area (Å²) in [6.45, 7) is 4.60. The van der Waals surface area contributed by atoms with Crippen LogP contribution >= 0.6 is 11.6 Å². The highest BCUT2D eigenvalue weighted by molar-refractivity contribution is 6.30. The van der Waals surface area contributed by atoms with Crippen molar-refractivity contribution < 1.29 is 14.9 Å². The number of aliphatic hydroxyl groups is 1. The zero-order valence-corrected chi connectivity index (χ0v) is 20.9. The number of phenols is 1. The first-order chi connectivity index (χ1) is 17.0. The van der Waals surface area contributed by atoms with Gasteiger partial charge < -0.3 is 14.9 Å². The van der Waals surface area contributed by atoms with Crippen LogP contribution in [0, 0.1) is 17.2 Å². The molecule has 0 unspecified atom stereocenters. The molecule has 3 aliphatic rings. The summed E-state index contributed by atoms with van der Waals surface area (Å²) >= 11 is 5.68. The number of nitrogens with zero attached hydrogens (tertiary/aromatic N) is 1. The third-order valence-corrected chi connectivity index (χ3v) is 8.39. The molecule has 2 N–H and O–H groups in total. The Labute approximate surface area is 213 Å². The molecule has 3 atom stereocenters. The average molecular weight is 492 g/mol. The van der Waals surface area contributed by atoms with Crippen LogP contribution in [0.3, 0.4) is 0 Å². The summed E-state index contributed by atoms with van der Waals surface area (Å²) in [6.07, 6.45) is 9.39. The third-order valence-electron chi connectivity index (χ3n) is 8.30. The maximum absolute atomic E-state index is 11.0. The number of allylic oxidation sites excluding steroid dienone is 1. The lowest BCUT2D eigenvalue weighted by Crippen LogP contribution is -2.49. The number of hydrogen-bond acceptors (Lipinski definition) is 4. The van der Waals surface area contributed by atoms with Crippen molar-refractivity contribution in [1.29, 1.82) is 0 Å². The lowest BCUT2D eigenvalue weighted by Gasteiger charge is -2.52. The van der Waals surface area contributed by atoms with Gasteiger partial charge in [0.2, 0.25) is 0 Å². The van der Waals surface area contributed by atoms with Crippen LogP contribution in [0.25, 0.3) is 6.08 Å². The molecule has 1 aliphatic heterocycles. The lowest BCUT2D eigenvalue weighted by atomic mass is 9.53. The molecule has 0 amide bonds. The van der Waals surface area contributed by atoms with Gasteiger partial charge in [0.15, 0.2) is 0 Å². The first-order valence-electron chi connectivity index (χ1n) is 12.7. The van der Waals surface area contributed by atoms with E-state index in [1.54, 1.807) is 6.07 Å². The van der Waals surface area contributed by atoms with Gasteiger partial charge in [-0.1, -0.05) is 48.4 Å². The molecule has 184 valence electrons. The highest BCUT2D eigenvalue weighted by atomic mass is 35.5. The fraction of sp³-hybridized carbons (Fsp3) is 0.467. The third kappa shape index (κ3) is 5.29. The molecule has 35 heavy (non-hydrogen) atoms. The number of ether oxygens (including phenoxy) is 1. The van der Waals surface area contributed by atoms with E-state index in [4.69, 9.17) is 16.3 Å². The smallest absolute Gasteiger partial charge is 0.127 e. The van der Waals surface area contributed by atoms with Crippen molar-refractivity contribution in [1.82, 2.24) is 4.90 Å². The van der Waals surface area contributed by atoms with Crippen LogP contribution in [0.15, 0.2) is 48.5 Å².